The third-order valence-corrected chi connectivity index (χ3v) is 3.85. The molecule has 2 aromatic rings. The fraction of sp³-hybridized carbons (Fsp3) is 0.211. The number of nitrogens with one attached hydrogen (secondary N) is 2. The predicted molar refractivity (Wildman–Crippen MR) is 105 cm³/mol. The third-order valence-electron chi connectivity index (χ3n) is 3.57. The van der Waals surface area contributed by atoms with Crippen LogP contribution in [0.3, 0.4) is 0 Å². The Bertz CT molecular complexity index is 723. The summed E-state index contributed by atoms with van der Waals surface area (Å²) in [7, 11) is 1.81. The summed E-state index contributed by atoms with van der Waals surface area (Å²) in [4.78, 5) is 4.38. The van der Waals surface area contributed by atoms with Crippen LogP contribution in [0.2, 0.25) is 0 Å². The van der Waals surface area contributed by atoms with E-state index in [-0.39, 0.29) is 6.23 Å². The fourth-order valence-corrected chi connectivity index (χ4v) is 2.48. The van der Waals surface area contributed by atoms with E-state index in [2.05, 4.69) is 22.2 Å². The first kappa shape index (κ1) is 18.8. The largest absolute Gasteiger partial charge is 0.473 e. The van der Waals surface area contributed by atoms with E-state index in [9.17, 15) is 0 Å². The smallest absolute Gasteiger partial charge is 0.154 e. The minimum absolute atomic E-state index is 0.253. The molecule has 0 saturated carbocycles. The number of nitrogen functional groups attached to an aromatic ring is 1. The van der Waals surface area contributed by atoms with Crippen molar-refractivity contribution < 1.29 is 4.74 Å². The Morgan fingerprint density at radius 1 is 1.40 bits per heavy atom. The van der Waals surface area contributed by atoms with Gasteiger partial charge in [-0.2, -0.15) is 0 Å². The molecule has 25 heavy (non-hydrogen) atoms. The van der Waals surface area contributed by atoms with Crippen LogP contribution in [0.25, 0.3) is 0 Å². The number of pyridine rings is 1. The number of hydrogen-bond acceptors (Lipinski definition) is 5. The first-order valence-corrected chi connectivity index (χ1v) is 8.30. The fourth-order valence-electron chi connectivity index (χ4n) is 2.25. The second-order valence-electron chi connectivity index (χ2n) is 5.49. The van der Waals surface area contributed by atoms with Gasteiger partial charge in [0.1, 0.15) is 11.6 Å². The molecule has 1 aromatic carbocycles. The molecule has 0 saturated heterocycles. The topological polar surface area (TPSA) is 72.2 Å². The second kappa shape index (κ2) is 9.11. The number of hydrogen-bond donors (Lipinski definition) is 3. The van der Waals surface area contributed by atoms with E-state index in [4.69, 9.17) is 22.1 Å². The van der Waals surface area contributed by atoms with Crippen molar-refractivity contribution in [1.29, 1.82) is 0 Å². The van der Waals surface area contributed by atoms with Gasteiger partial charge in [-0.1, -0.05) is 36.4 Å². The van der Waals surface area contributed by atoms with Crippen molar-refractivity contribution in [2.75, 3.05) is 18.1 Å². The molecule has 0 radical (unpaired) electrons. The van der Waals surface area contributed by atoms with Crippen LogP contribution >= 0.6 is 11.6 Å². The summed E-state index contributed by atoms with van der Waals surface area (Å²) < 4.78 is 5.85. The number of para-hydroxylation sites is 1. The maximum absolute atomic E-state index is 6.10. The van der Waals surface area contributed by atoms with E-state index < -0.39 is 0 Å². The van der Waals surface area contributed by atoms with Gasteiger partial charge in [0.25, 0.3) is 0 Å². The molecule has 4 N–H and O–H groups in total. The highest BCUT2D eigenvalue weighted by Crippen LogP contribution is 2.26. The quantitative estimate of drug-likeness (QED) is 0.372. The van der Waals surface area contributed by atoms with Gasteiger partial charge in [-0.3, -0.25) is 5.32 Å². The Morgan fingerprint density at radius 3 is 2.80 bits per heavy atom. The molecule has 5 nitrogen and oxygen atoms in total. The molecular weight excluding hydrogens is 336 g/mol. The summed E-state index contributed by atoms with van der Waals surface area (Å²) in [5.41, 5.74) is 8.60. The van der Waals surface area contributed by atoms with Crippen LogP contribution in [-0.2, 0) is 0 Å². The standard InChI is InChI=1S/C19H23ClN4O/c1-4-6-14(20)11-18(22-3)25-15-9-10-17(23-12-15)24-19-13(2)7-5-8-16(19)21/h4-10,12,18,22H,1,11,21H2,2-3H3,(H,23,24)/b14-6+. The molecule has 1 atom stereocenters. The van der Waals surface area contributed by atoms with E-state index in [1.54, 1.807) is 18.3 Å². The molecule has 0 aliphatic carbocycles. The zero-order valence-electron chi connectivity index (χ0n) is 14.4. The maximum atomic E-state index is 6.10. The lowest BCUT2D eigenvalue weighted by Crippen LogP contribution is -2.31. The summed E-state index contributed by atoms with van der Waals surface area (Å²) in [6, 6.07) is 9.46. The lowest BCUT2D eigenvalue weighted by molar-refractivity contribution is 0.175. The van der Waals surface area contributed by atoms with Gasteiger partial charge in [0.15, 0.2) is 6.23 Å². The molecule has 0 amide bonds. The first-order chi connectivity index (χ1) is 12.0. The van der Waals surface area contributed by atoms with Crippen LogP contribution in [-0.4, -0.2) is 18.3 Å². The van der Waals surface area contributed by atoms with Crippen molar-refractivity contribution in [3.8, 4) is 5.75 Å². The molecule has 1 unspecified atom stereocenters. The van der Waals surface area contributed by atoms with Crippen LogP contribution in [0.5, 0.6) is 5.75 Å². The van der Waals surface area contributed by atoms with Gasteiger partial charge in [0, 0.05) is 11.5 Å². The molecule has 1 aromatic heterocycles. The molecule has 1 heterocycles. The molecule has 0 bridgehead atoms. The van der Waals surface area contributed by atoms with Crippen LogP contribution < -0.4 is 21.1 Å². The number of benzene rings is 1. The van der Waals surface area contributed by atoms with Gasteiger partial charge in [-0.15, -0.1) is 0 Å². The molecule has 2 rings (SSSR count). The van der Waals surface area contributed by atoms with Crippen molar-refractivity contribution in [1.82, 2.24) is 10.3 Å². The number of ether oxygens (including phenoxy) is 1. The summed E-state index contributed by atoms with van der Waals surface area (Å²) in [6.07, 6.45) is 5.33. The monoisotopic (exact) mass is 358 g/mol. The Balaban J connectivity index is 2.04. The number of nitrogens with zero attached hydrogens (tertiary/aromatic N) is 1. The van der Waals surface area contributed by atoms with E-state index in [1.165, 1.54) is 0 Å². The van der Waals surface area contributed by atoms with Gasteiger partial charge >= 0.3 is 0 Å². The Labute approximate surface area is 153 Å². The van der Waals surface area contributed by atoms with E-state index >= 15 is 0 Å². The Hall–Kier alpha value is -2.50. The minimum atomic E-state index is -0.253. The van der Waals surface area contributed by atoms with Gasteiger partial charge < -0.3 is 15.8 Å². The number of allylic oxidation sites excluding steroid dienone is 2. The Kier molecular flexibility index (Phi) is 6.86. The molecule has 6 heteroatoms. The maximum Gasteiger partial charge on any atom is 0.154 e. The van der Waals surface area contributed by atoms with Crippen molar-refractivity contribution in [3.63, 3.8) is 0 Å². The number of aryl methyl sites for hydroxylation is 1. The number of anilines is 3. The van der Waals surface area contributed by atoms with Crippen LogP contribution in [0.15, 0.2) is 60.3 Å². The first-order valence-electron chi connectivity index (χ1n) is 7.92. The average Bonchev–Trinajstić information content (AvgIpc) is 2.59. The molecule has 132 valence electrons. The summed E-state index contributed by atoms with van der Waals surface area (Å²) in [5.74, 6) is 1.34. The minimum Gasteiger partial charge on any atom is -0.473 e. The predicted octanol–water partition coefficient (Wildman–Crippen LogP) is 4.34. The lowest BCUT2D eigenvalue weighted by atomic mass is 10.1. The van der Waals surface area contributed by atoms with E-state index in [0.717, 1.165) is 11.3 Å². The van der Waals surface area contributed by atoms with Crippen LogP contribution in [0.1, 0.15) is 12.0 Å². The van der Waals surface area contributed by atoms with Gasteiger partial charge in [0.2, 0.25) is 0 Å². The molecule has 0 fully saturated rings. The van der Waals surface area contributed by atoms with Crippen molar-refractivity contribution >= 4 is 28.8 Å². The zero-order valence-corrected chi connectivity index (χ0v) is 15.2. The number of nitrogens with two attached hydrogens (primary N) is 1. The van der Waals surface area contributed by atoms with Crippen LogP contribution in [0.4, 0.5) is 17.2 Å². The highest BCUT2D eigenvalue weighted by Gasteiger charge is 2.10. The van der Waals surface area contributed by atoms with Crippen molar-refractivity contribution in [2.24, 2.45) is 0 Å². The third kappa shape index (κ3) is 5.52. The average molecular weight is 359 g/mol. The van der Waals surface area contributed by atoms with Crippen molar-refractivity contribution in [2.45, 2.75) is 19.6 Å². The van der Waals surface area contributed by atoms with Gasteiger partial charge in [-0.25, -0.2) is 4.98 Å². The molecule has 0 aliphatic rings. The summed E-state index contributed by atoms with van der Waals surface area (Å²) in [5, 5.41) is 6.97. The van der Waals surface area contributed by atoms with Gasteiger partial charge in [0.05, 0.1) is 17.6 Å². The number of aromatic nitrogens is 1. The Morgan fingerprint density at radius 2 is 2.20 bits per heavy atom. The number of rotatable bonds is 8. The second-order valence-corrected chi connectivity index (χ2v) is 5.98. The molecular formula is C19H23ClN4O. The normalized spacial score (nSPS) is 12.5. The van der Waals surface area contributed by atoms with E-state index in [0.29, 0.717) is 28.7 Å². The SMILES string of the molecule is C=C/C=C(/Cl)CC(NC)Oc1ccc(Nc2c(C)cccc2N)nc1. The summed E-state index contributed by atoms with van der Waals surface area (Å²) in [6.45, 7) is 5.62. The number of halogens is 1. The van der Waals surface area contributed by atoms with Gasteiger partial charge in [-0.05, 0) is 43.8 Å². The van der Waals surface area contributed by atoms with E-state index in [1.807, 2.05) is 44.3 Å². The highest BCUT2D eigenvalue weighted by atomic mass is 35.5. The summed E-state index contributed by atoms with van der Waals surface area (Å²) >= 11 is 6.10. The van der Waals surface area contributed by atoms with Crippen molar-refractivity contribution in [3.05, 3.63) is 65.9 Å². The highest BCUT2D eigenvalue weighted by molar-refractivity contribution is 6.29. The molecule has 0 aliphatic heterocycles. The van der Waals surface area contributed by atoms with Crippen LogP contribution in [0, 0.1) is 6.92 Å². The molecule has 0 spiro atoms. The zero-order chi connectivity index (χ0) is 18.2. The lowest BCUT2D eigenvalue weighted by Gasteiger charge is -2.18.